The fraction of sp³-hybridized carbons (Fsp3) is 0.769. The van der Waals surface area contributed by atoms with E-state index in [2.05, 4.69) is 10.6 Å². The van der Waals surface area contributed by atoms with Gasteiger partial charge in [-0.2, -0.15) is 0 Å². The van der Waals surface area contributed by atoms with Gasteiger partial charge < -0.3 is 20.6 Å². The second kappa shape index (κ2) is 6.58. The number of carboxylic acid groups (broad SMARTS) is 1. The minimum atomic E-state index is -0.890. The van der Waals surface area contributed by atoms with Gasteiger partial charge in [-0.05, 0) is 34.1 Å². The van der Waals surface area contributed by atoms with Gasteiger partial charge in [0.25, 0.3) is 0 Å². The summed E-state index contributed by atoms with van der Waals surface area (Å²) < 4.78 is 0. The Morgan fingerprint density at radius 2 is 1.80 bits per heavy atom. The van der Waals surface area contributed by atoms with Gasteiger partial charge in [0.1, 0.15) is 6.04 Å². The molecule has 0 aromatic rings. The lowest BCUT2D eigenvalue weighted by Crippen LogP contribution is -2.52. The Morgan fingerprint density at radius 1 is 1.20 bits per heavy atom. The number of carbonyl (C=O) groups is 3. The zero-order chi connectivity index (χ0) is 15.4. The van der Waals surface area contributed by atoms with Crippen LogP contribution in [0.15, 0.2) is 0 Å². The fourth-order valence-electron chi connectivity index (χ4n) is 2.30. The third-order valence-corrected chi connectivity index (χ3v) is 3.50. The van der Waals surface area contributed by atoms with Crippen molar-refractivity contribution in [3.05, 3.63) is 0 Å². The monoisotopic (exact) mass is 285 g/mol. The highest BCUT2D eigenvalue weighted by Crippen LogP contribution is 2.24. The van der Waals surface area contributed by atoms with Gasteiger partial charge in [-0.25, -0.2) is 4.79 Å². The molecule has 0 aromatic carbocycles. The van der Waals surface area contributed by atoms with E-state index in [1.807, 2.05) is 13.8 Å². The first-order valence-electron chi connectivity index (χ1n) is 6.84. The molecular formula is C13H23N3O4. The second-order valence-corrected chi connectivity index (χ2v) is 5.50. The van der Waals surface area contributed by atoms with Crippen molar-refractivity contribution >= 4 is 17.9 Å². The number of hydrogen-bond acceptors (Lipinski definition) is 3. The number of urea groups is 1. The standard InChI is InChI=1S/C13H23N3O4/c1-7(2)14-11(17)8(3)15-13(20)16-6-5-10(9(16)4)12(18)19/h7-10H,5-6H2,1-4H3,(H,14,17)(H,15,20)(H,18,19). The van der Waals surface area contributed by atoms with Crippen molar-refractivity contribution in [1.29, 1.82) is 0 Å². The number of hydrogen-bond donors (Lipinski definition) is 3. The van der Waals surface area contributed by atoms with Crippen molar-refractivity contribution in [1.82, 2.24) is 15.5 Å². The fourth-order valence-corrected chi connectivity index (χ4v) is 2.30. The number of nitrogens with one attached hydrogen (secondary N) is 2. The molecule has 7 heteroatoms. The van der Waals surface area contributed by atoms with Crippen LogP contribution in [0.25, 0.3) is 0 Å². The SMILES string of the molecule is CC(C)NC(=O)C(C)NC(=O)N1CCC(C(=O)O)C1C. The molecule has 7 nitrogen and oxygen atoms in total. The van der Waals surface area contributed by atoms with Crippen molar-refractivity contribution in [2.45, 2.75) is 52.2 Å². The smallest absolute Gasteiger partial charge is 0.318 e. The minimum Gasteiger partial charge on any atom is -0.481 e. The van der Waals surface area contributed by atoms with Crippen LogP contribution in [0, 0.1) is 5.92 Å². The third-order valence-electron chi connectivity index (χ3n) is 3.50. The first-order valence-corrected chi connectivity index (χ1v) is 6.84. The molecule has 0 bridgehead atoms. The van der Waals surface area contributed by atoms with Gasteiger partial charge in [0.2, 0.25) is 5.91 Å². The van der Waals surface area contributed by atoms with E-state index < -0.39 is 24.0 Å². The van der Waals surface area contributed by atoms with Gasteiger partial charge in [-0.3, -0.25) is 9.59 Å². The molecule has 0 radical (unpaired) electrons. The Labute approximate surface area is 118 Å². The summed E-state index contributed by atoms with van der Waals surface area (Å²) in [5.74, 6) is -1.69. The number of aliphatic carboxylic acids is 1. The van der Waals surface area contributed by atoms with Gasteiger partial charge in [-0.15, -0.1) is 0 Å². The largest absolute Gasteiger partial charge is 0.481 e. The van der Waals surface area contributed by atoms with Gasteiger partial charge in [0, 0.05) is 18.6 Å². The van der Waals surface area contributed by atoms with Crippen molar-refractivity contribution in [3.8, 4) is 0 Å². The third kappa shape index (κ3) is 3.85. The molecule has 0 aliphatic carbocycles. The van der Waals surface area contributed by atoms with E-state index in [1.165, 1.54) is 4.90 Å². The molecule has 1 rings (SSSR count). The molecule has 1 fully saturated rings. The minimum absolute atomic E-state index is 0.00366. The summed E-state index contributed by atoms with van der Waals surface area (Å²) in [6, 6.07) is -1.41. The summed E-state index contributed by atoms with van der Waals surface area (Å²) in [7, 11) is 0. The van der Waals surface area contributed by atoms with Crippen LogP contribution in [0.1, 0.15) is 34.1 Å². The zero-order valence-electron chi connectivity index (χ0n) is 12.3. The molecule has 1 heterocycles. The van der Waals surface area contributed by atoms with Crippen LogP contribution in [0.4, 0.5) is 4.79 Å². The quantitative estimate of drug-likeness (QED) is 0.696. The molecule has 0 aromatic heterocycles. The highest BCUT2D eigenvalue weighted by molar-refractivity contribution is 5.87. The summed E-state index contributed by atoms with van der Waals surface area (Å²) in [4.78, 5) is 36.3. The normalized spacial score (nSPS) is 23.6. The molecule has 1 aliphatic rings. The van der Waals surface area contributed by atoms with Crippen LogP contribution in [0.5, 0.6) is 0 Å². The Morgan fingerprint density at radius 3 is 2.25 bits per heavy atom. The van der Waals surface area contributed by atoms with Gasteiger partial charge in [0.15, 0.2) is 0 Å². The molecule has 0 saturated carbocycles. The van der Waals surface area contributed by atoms with Gasteiger partial charge in [0.05, 0.1) is 5.92 Å². The highest BCUT2D eigenvalue weighted by atomic mass is 16.4. The molecule has 3 unspecified atom stereocenters. The summed E-state index contributed by atoms with van der Waals surface area (Å²) in [6.45, 7) is 7.39. The average molecular weight is 285 g/mol. The summed E-state index contributed by atoms with van der Waals surface area (Å²) in [5.41, 5.74) is 0. The first-order chi connectivity index (χ1) is 9.23. The molecule has 114 valence electrons. The second-order valence-electron chi connectivity index (χ2n) is 5.50. The topological polar surface area (TPSA) is 98.7 Å². The Balaban J connectivity index is 2.55. The Hall–Kier alpha value is -1.79. The van der Waals surface area contributed by atoms with Crippen LogP contribution < -0.4 is 10.6 Å². The molecule has 20 heavy (non-hydrogen) atoms. The number of amides is 3. The number of rotatable bonds is 4. The molecule has 3 atom stereocenters. The van der Waals surface area contributed by atoms with Gasteiger partial charge >= 0.3 is 12.0 Å². The molecule has 1 aliphatic heterocycles. The maximum Gasteiger partial charge on any atom is 0.318 e. The molecular weight excluding hydrogens is 262 g/mol. The van der Waals surface area contributed by atoms with Crippen molar-refractivity contribution < 1.29 is 19.5 Å². The van der Waals surface area contributed by atoms with Crippen LogP contribution in [-0.4, -0.2) is 52.6 Å². The van der Waals surface area contributed by atoms with E-state index >= 15 is 0 Å². The number of carboxylic acids is 1. The summed E-state index contributed by atoms with van der Waals surface area (Å²) >= 11 is 0. The van der Waals surface area contributed by atoms with Crippen molar-refractivity contribution in [2.24, 2.45) is 5.92 Å². The predicted molar refractivity (Wildman–Crippen MR) is 73.2 cm³/mol. The van der Waals surface area contributed by atoms with Crippen molar-refractivity contribution in [2.75, 3.05) is 6.54 Å². The lowest BCUT2D eigenvalue weighted by Gasteiger charge is -2.25. The summed E-state index contributed by atoms with van der Waals surface area (Å²) in [6.07, 6.45) is 0.441. The lowest BCUT2D eigenvalue weighted by atomic mass is 10.0. The lowest BCUT2D eigenvalue weighted by molar-refractivity contribution is -0.142. The van der Waals surface area contributed by atoms with E-state index in [1.54, 1.807) is 13.8 Å². The number of nitrogens with zero attached hydrogens (tertiary/aromatic N) is 1. The van der Waals surface area contributed by atoms with Crippen LogP contribution in [0.3, 0.4) is 0 Å². The van der Waals surface area contributed by atoms with Crippen molar-refractivity contribution in [3.63, 3.8) is 0 Å². The number of likely N-dealkylation sites (tertiary alicyclic amines) is 1. The Kier molecular flexibility index (Phi) is 5.35. The van der Waals surface area contributed by atoms with E-state index in [-0.39, 0.29) is 18.0 Å². The van der Waals surface area contributed by atoms with Crippen LogP contribution >= 0.6 is 0 Å². The van der Waals surface area contributed by atoms with Crippen LogP contribution in [0.2, 0.25) is 0 Å². The zero-order valence-corrected chi connectivity index (χ0v) is 12.3. The maximum atomic E-state index is 12.1. The molecule has 1 saturated heterocycles. The average Bonchev–Trinajstić information content (AvgIpc) is 2.70. The van der Waals surface area contributed by atoms with E-state index in [0.717, 1.165) is 0 Å². The number of carbonyl (C=O) groups excluding carboxylic acids is 2. The maximum absolute atomic E-state index is 12.1. The first kappa shape index (κ1) is 16.3. The predicted octanol–water partition coefficient (Wildman–Crippen LogP) is 0.404. The van der Waals surface area contributed by atoms with E-state index in [0.29, 0.717) is 13.0 Å². The highest BCUT2D eigenvalue weighted by Gasteiger charge is 2.38. The van der Waals surface area contributed by atoms with Crippen LogP contribution in [-0.2, 0) is 9.59 Å². The Bertz CT molecular complexity index is 397. The van der Waals surface area contributed by atoms with E-state index in [9.17, 15) is 14.4 Å². The molecule has 0 spiro atoms. The van der Waals surface area contributed by atoms with Gasteiger partial charge in [-0.1, -0.05) is 0 Å². The molecule has 3 amide bonds. The van der Waals surface area contributed by atoms with E-state index in [4.69, 9.17) is 5.11 Å². The molecule has 3 N–H and O–H groups in total. The summed E-state index contributed by atoms with van der Waals surface area (Å²) in [5, 5.41) is 14.3.